The fourth-order valence-electron chi connectivity index (χ4n) is 2.45. The Morgan fingerprint density at radius 2 is 1.85 bits per heavy atom. The van der Waals surface area contributed by atoms with Crippen LogP contribution in [-0.4, -0.2) is 40.0 Å². The summed E-state index contributed by atoms with van der Waals surface area (Å²) in [5, 5.41) is 21.5. The van der Waals surface area contributed by atoms with Crippen molar-refractivity contribution in [2.75, 3.05) is 0 Å². The Labute approximate surface area is 119 Å². The first kappa shape index (κ1) is 16.8. The van der Waals surface area contributed by atoms with E-state index in [1.54, 1.807) is 20.8 Å². The van der Waals surface area contributed by atoms with Gasteiger partial charge in [0.05, 0.1) is 6.10 Å². The van der Waals surface area contributed by atoms with E-state index in [1.165, 1.54) is 0 Å². The van der Waals surface area contributed by atoms with E-state index in [-0.39, 0.29) is 12.3 Å². The molecule has 0 aromatic carbocycles. The van der Waals surface area contributed by atoms with Crippen LogP contribution in [0.5, 0.6) is 0 Å². The van der Waals surface area contributed by atoms with Crippen molar-refractivity contribution in [1.29, 1.82) is 0 Å². The number of hydrogen-bond acceptors (Lipinski definition) is 4. The molecule has 0 heterocycles. The molecular formula is C14H25NO5. The van der Waals surface area contributed by atoms with Gasteiger partial charge < -0.3 is 20.3 Å². The highest BCUT2D eigenvalue weighted by molar-refractivity contribution is 5.80. The first-order valence-corrected chi connectivity index (χ1v) is 7.09. The van der Waals surface area contributed by atoms with Crippen LogP contribution in [0.1, 0.15) is 52.9 Å². The molecule has 1 fully saturated rings. The molecule has 0 aromatic heterocycles. The number of carboxylic acid groups (broad SMARTS) is 1. The van der Waals surface area contributed by atoms with Crippen LogP contribution in [0.3, 0.4) is 0 Å². The fraction of sp³-hybridized carbons (Fsp3) is 0.857. The molecule has 20 heavy (non-hydrogen) atoms. The van der Waals surface area contributed by atoms with Crippen LogP contribution in [0.2, 0.25) is 0 Å². The van der Waals surface area contributed by atoms with Gasteiger partial charge in [-0.15, -0.1) is 0 Å². The standard InChI is InChI=1S/C14H25NO5/c1-14(2,3)20-13(19)15-10(12(17)18)8-11(16)9-6-4-5-7-9/h9-11,16H,4-8H2,1-3H3,(H,15,19)(H,17,18)/t10-,11?/m0/s1. The molecule has 1 unspecified atom stereocenters. The zero-order valence-electron chi connectivity index (χ0n) is 12.4. The molecule has 116 valence electrons. The van der Waals surface area contributed by atoms with Gasteiger partial charge in [-0.05, 0) is 39.5 Å². The number of hydrogen-bond donors (Lipinski definition) is 3. The molecule has 1 saturated carbocycles. The monoisotopic (exact) mass is 287 g/mol. The lowest BCUT2D eigenvalue weighted by atomic mass is 9.95. The van der Waals surface area contributed by atoms with Crippen molar-refractivity contribution in [1.82, 2.24) is 5.32 Å². The number of nitrogens with one attached hydrogen (secondary N) is 1. The number of carbonyl (C=O) groups excluding carboxylic acids is 1. The third-order valence-corrected chi connectivity index (χ3v) is 3.41. The van der Waals surface area contributed by atoms with Gasteiger partial charge in [0.25, 0.3) is 0 Å². The summed E-state index contributed by atoms with van der Waals surface area (Å²) >= 11 is 0. The van der Waals surface area contributed by atoms with Gasteiger partial charge in [0.2, 0.25) is 0 Å². The molecule has 0 spiro atoms. The normalized spacial score (nSPS) is 19.4. The fourth-order valence-corrected chi connectivity index (χ4v) is 2.45. The summed E-state index contributed by atoms with van der Waals surface area (Å²) in [4.78, 5) is 22.8. The predicted molar refractivity (Wildman–Crippen MR) is 73.4 cm³/mol. The minimum absolute atomic E-state index is 0.0131. The number of aliphatic hydroxyl groups is 1. The Morgan fingerprint density at radius 1 is 1.30 bits per heavy atom. The quantitative estimate of drug-likeness (QED) is 0.717. The van der Waals surface area contributed by atoms with Crippen LogP contribution < -0.4 is 5.32 Å². The van der Waals surface area contributed by atoms with E-state index in [1.807, 2.05) is 0 Å². The van der Waals surface area contributed by atoms with Crippen molar-refractivity contribution in [3.8, 4) is 0 Å². The van der Waals surface area contributed by atoms with Crippen LogP contribution in [0, 0.1) is 5.92 Å². The summed E-state index contributed by atoms with van der Waals surface area (Å²) < 4.78 is 5.03. The average Bonchev–Trinajstić information content (AvgIpc) is 2.78. The molecular weight excluding hydrogens is 262 g/mol. The summed E-state index contributed by atoms with van der Waals surface area (Å²) in [6.07, 6.45) is 2.51. The first-order chi connectivity index (χ1) is 9.19. The van der Waals surface area contributed by atoms with E-state index >= 15 is 0 Å². The molecule has 0 aliphatic heterocycles. The number of ether oxygens (including phenoxy) is 1. The van der Waals surface area contributed by atoms with E-state index in [9.17, 15) is 14.7 Å². The lowest BCUT2D eigenvalue weighted by Gasteiger charge is -2.24. The number of carbonyl (C=O) groups is 2. The van der Waals surface area contributed by atoms with E-state index in [4.69, 9.17) is 9.84 Å². The summed E-state index contributed by atoms with van der Waals surface area (Å²) in [7, 11) is 0. The van der Waals surface area contributed by atoms with Gasteiger partial charge in [-0.2, -0.15) is 0 Å². The molecule has 6 nitrogen and oxygen atoms in total. The third-order valence-electron chi connectivity index (χ3n) is 3.41. The molecule has 1 rings (SSSR count). The molecule has 0 saturated heterocycles. The number of aliphatic hydroxyl groups excluding tert-OH is 1. The Kier molecular flexibility index (Phi) is 5.80. The van der Waals surface area contributed by atoms with Crippen molar-refractivity contribution in [3.05, 3.63) is 0 Å². The average molecular weight is 287 g/mol. The molecule has 6 heteroatoms. The highest BCUT2D eigenvalue weighted by atomic mass is 16.6. The lowest BCUT2D eigenvalue weighted by molar-refractivity contribution is -0.140. The van der Waals surface area contributed by atoms with Gasteiger partial charge in [0.1, 0.15) is 11.6 Å². The van der Waals surface area contributed by atoms with Crippen LogP contribution in [0.25, 0.3) is 0 Å². The summed E-state index contributed by atoms with van der Waals surface area (Å²) in [6.45, 7) is 5.11. The number of aliphatic carboxylic acids is 1. The van der Waals surface area contributed by atoms with Crippen molar-refractivity contribution >= 4 is 12.1 Å². The highest BCUT2D eigenvalue weighted by Gasteiger charge is 2.30. The predicted octanol–water partition coefficient (Wildman–Crippen LogP) is 1.91. The molecule has 3 N–H and O–H groups in total. The van der Waals surface area contributed by atoms with Crippen molar-refractivity contribution < 1.29 is 24.5 Å². The Hall–Kier alpha value is -1.30. The maximum atomic E-state index is 11.6. The summed E-state index contributed by atoms with van der Waals surface area (Å²) in [5.41, 5.74) is -0.683. The molecule has 0 bridgehead atoms. The SMILES string of the molecule is CC(C)(C)OC(=O)N[C@@H](CC(O)C1CCCC1)C(=O)O. The van der Waals surface area contributed by atoms with Gasteiger partial charge in [0, 0.05) is 6.42 Å². The third kappa shape index (κ3) is 5.77. The van der Waals surface area contributed by atoms with Gasteiger partial charge in [-0.25, -0.2) is 9.59 Å². The number of amides is 1. The Morgan fingerprint density at radius 3 is 2.30 bits per heavy atom. The zero-order valence-corrected chi connectivity index (χ0v) is 12.4. The van der Waals surface area contributed by atoms with Gasteiger partial charge in [-0.3, -0.25) is 0 Å². The largest absolute Gasteiger partial charge is 0.480 e. The molecule has 1 aliphatic carbocycles. The highest BCUT2D eigenvalue weighted by Crippen LogP contribution is 2.29. The number of carboxylic acids is 1. The first-order valence-electron chi connectivity index (χ1n) is 7.09. The van der Waals surface area contributed by atoms with Crippen LogP contribution in [0.4, 0.5) is 4.79 Å². The van der Waals surface area contributed by atoms with Gasteiger partial charge in [0.15, 0.2) is 0 Å². The number of rotatable bonds is 5. The Balaban J connectivity index is 2.51. The minimum atomic E-state index is -1.16. The molecule has 1 aliphatic rings. The smallest absolute Gasteiger partial charge is 0.408 e. The molecule has 1 amide bonds. The van der Waals surface area contributed by atoms with Crippen LogP contribution >= 0.6 is 0 Å². The van der Waals surface area contributed by atoms with Crippen molar-refractivity contribution in [3.63, 3.8) is 0 Å². The second-order valence-electron chi connectivity index (χ2n) is 6.38. The maximum absolute atomic E-state index is 11.6. The van der Waals surface area contributed by atoms with Crippen LogP contribution in [0.15, 0.2) is 0 Å². The van der Waals surface area contributed by atoms with E-state index in [0.717, 1.165) is 25.7 Å². The van der Waals surface area contributed by atoms with E-state index in [2.05, 4.69) is 5.32 Å². The molecule has 2 atom stereocenters. The maximum Gasteiger partial charge on any atom is 0.408 e. The van der Waals surface area contributed by atoms with Crippen molar-refractivity contribution in [2.45, 2.75) is 70.6 Å². The molecule has 0 radical (unpaired) electrons. The number of alkyl carbamates (subject to hydrolysis) is 1. The van der Waals surface area contributed by atoms with Gasteiger partial charge in [-0.1, -0.05) is 12.8 Å². The van der Waals surface area contributed by atoms with Crippen LogP contribution in [-0.2, 0) is 9.53 Å². The van der Waals surface area contributed by atoms with E-state index < -0.39 is 29.8 Å². The lowest BCUT2D eigenvalue weighted by Crippen LogP contribution is -2.45. The summed E-state index contributed by atoms with van der Waals surface area (Å²) in [6, 6.07) is -1.12. The molecule has 0 aromatic rings. The topological polar surface area (TPSA) is 95.9 Å². The van der Waals surface area contributed by atoms with E-state index in [0.29, 0.717) is 0 Å². The second kappa shape index (κ2) is 6.92. The second-order valence-corrected chi connectivity index (χ2v) is 6.38. The zero-order chi connectivity index (χ0) is 15.3. The van der Waals surface area contributed by atoms with Gasteiger partial charge >= 0.3 is 12.1 Å². The summed E-state index contributed by atoms with van der Waals surface area (Å²) in [5.74, 6) is -1.02. The minimum Gasteiger partial charge on any atom is -0.480 e. The van der Waals surface area contributed by atoms with Crippen molar-refractivity contribution in [2.24, 2.45) is 5.92 Å². The Bertz CT molecular complexity index is 344.